The Morgan fingerprint density at radius 2 is 2.09 bits per heavy atom. The molecule has 2 amide bonds. The lowest BCUT2D eigenvalue weighted by molar-refractivity contribution is 0.251. The number of hydrogen-bond donors (Lipinski definition) is 3. The predicted octanol–water partition coefficient (Wildman–Crippen LogP) is 3.22. The van der Waals surface area contributed by atoms with Gasteiger partial charge in [0.1, 0.15) is 0 Å². The molecule has 0 fully saturated rings. The lowest BCUT2D eigenvalue weighted by Crippen LogP contribution is -2.28. The molecule has 2 heterocycles. The molecule has 3 N–H and O–H groups in total. The molecule has 23 heavy (non-hydrogen) atoms. The molecule has 2 aromatic carbocycles. The molecule has 0 unspecified atom stereocenters. The van der Waals surface area contributed by atoms with Gasteiger partial charge in [-0.25, -0.2) is 4.79 Å². The minimum atomic E-state index is -0.203. The third-order valence-electron chi connectivity index (χ3n) is 3.97. The van der Waals surface area contributed by atoms with Gasteiger partial charge in [0.15, 0.2) is 0 Å². The average molecular weight is 324 g/mol. The van der Waals surface area contributed by atoms with Gasteiger partial charge < -0.3 is 16.0 Å². The molecule has 1 aromatic heterocycles. The number of anilines is 1. The van der Waals surface area contributed by atoms with Crippen LogP contribution in [0.3, 0.4) is 0 Å². The van der Waals surface area contributed by atoms with E-state index in [1.807, 2.05) is 24.4 Å². The largest absolute Gasteiger partial charge is 0.334 e. The predicted molar refractivity (Wildman–Crippen MR) is 92.5 cm³/mol. The molecule has 0 saturated heterocycles. The Kier molecular flexibility index (Phi) is 3.69. The molecule has 0 spiro atoms. The molecule has 3 aromatic rings. The number of carbonyl (C=O) groups excluding carboxylic acids is 1. The van der Waals surface area contributed by atoms with Crippen LogP contribution < -0.4 is 16.0 Å². The summed E-state index contributed by atoms with van der Waals surface area (Å²) >= 11 is 1.45. The van der Waals surface area contributed by atoms with E-state index < -0.39 is 0 Å². The van der Waals surface area contributed by atoms with Gasteiger partial charge in [-0.15, -0.1) is 0 Å². The number of hydrogen-bond acceptors (Lipinski definition) is 4. The molecule has 6 heteroatoms. The lowest BCUT2D eigenvalue weighted by atomic mass is 10.1. The molecule has 4 rings (SSSR count). The fourth-order valence-electron chi connectivity index (χ4n) is 2.77. The summed E-state index contributed by atoms with van der Waals surface area (Å²) in [6.45, 7) is 2.36. The van der Waals surface area contributed by atoms with Crippen molar-refractivity contribution in [3.8, 4) is 0 Å². The van der Waals surface area contributed by atoms with E-state index in [0.29, 0.717) is 6.54 Å². The minimum Gasteiger partial charge on any atom is -0.334 e. The van der Waals surface area contributed by atoms with E-state index in [1.54, 1.807) is 0 Å². The molecular weight excluding hydrogens is 308 g/mol. The first-order chi connectivity index (χ1) is 11.3. The van der Waals surface area contributed by atoms with Gasteiger partial charge in [-0.05, 0) is 46.4 Å². The van der Waals surface area contributed by atoms with Gasteiger partial charge in [0, 0.05) is 36.9 Å². The maximum atomic E-state index is 12.0. The number of aromatic nitrogens is 1. The first-order valence-electron chi connectivity index (χ1n) is 7.49. The summed E-state index contributed by atoms with van der Waals surface area (Å²) in [7, 11) is 0. The highest BCUT2D eigenvalue weighted by Gasteiger charge is 2.10. The van der Waals surface area contributed by atoms with Crippen molar-refractivity contribution in [3.63, 3.8) is 0 Å². The Morgan fingerprint density at radius 3 is 3.04 bits per heavy atom. The van der Waals surface area contributed by atoms with Crippen molar-refractivity contribution in [1.82, 2.24) is 15.0 Å². The summed E-state index contributed by atoms with van der Waals surface area (Å²) < 4.78 is 5.25. The molecule has 0 saturated carbocycles. The number of urea groups is 1. The van der Waals surface area contributed by atoms with Crippen LogP contribution in [-0.4, -0.2) is 10.4 Å². The minimum absolute atomic E-state index is 0.203. The number of nitrogens with zero attached hydrogens (tertiary/aromatic N) is 1. The molecule has 1 aliphatic rings. The van der Waals surface area contributed by atoms with Crippen molar-refractivity contribution in [1.29, 1.82) is 0 Å². The van der Waals surface area contributed by atoms with Crippen LogP contribution in [0.25, 0.3) is 10.1 Å². The van der Waals surface area contributed by atoms with Crippen molar-refractivity contribution in [2.24, 2.45) is 0 Å². The van der Waals surface area contributed by atoms with Crippen LogP contribution in [0.15, 0.2) is 42.6 Å². The summed E-state index contributed by atoms with van der Waals surface area (Å²) in [6.07, 6.45) is 1.81. The number of rotatable bonds is 3. The van der Waals surface area contributed by atoms with Gasteiger partial charge in [-0.1, -0.05) is 18.2 Å². The maximum absolute atomic E-state index is 12.0. The van der Waals surface area contributed by atoms with Crippen LogP contribution in [-0.2, 0) is 19.6 Å². The number of benzene rings is 2. The Hall–Kier alpha value is -2.44. The first-order valence-corrected chi connectivity index (χ1v) is 8.26. The van der Waals surface area contributed by atoms with Crippen LogP contribution in [0.1, 0.15) is 16.7 Å². The third kappa shape index (κ3) is 3.04. The average Bonchev–Trinajstić information content (AvgIpc) is 3.20. The van der Waals surface area contributed by atoms with Crippen molar-refractivity contribution < 1.29 is 4.79 Å². The second-order valence-electron chi connectivity index (χ2n) is 5.59. The fourth-order valence-corrected chi connectivity index (χ4v) is 3.39. The van der Waals surface area contributed by atoms with E-state index in [9.17, 15) is 4.79 Å². The Labute approximate surface area is 137 Å². The van der Waals surface area contributed by atoms with E-state index in [1.165, 1.54) is 22.7 Å². The molecule has 5 nitrogen and oxygen atoms in total. The topological polar surface area (TPSA) is 66.1 Å². The Bertz CT molecular complexity index is 874. The lowest BCUT2D eigenvalue weighted by Gasteiger charge is -2.09. The number of carbonyl (C=O) groups is 1. The zero-order chi connectivity index (χ0) is 15.6. The van der Waals surface area contributed by atoms with E-state index in [4.69, 9.17) is 0 Å². The van der Waals surface area contributed by atoms with Gasteiger partial charge in [-0.2, -0.15) is 4.37 Å². The third-order valence-corrected chi connectivity index (χ3v) is 4.74. The Balaban J connectivity index is 1.38. The summed E-state index contributed by atoms with van der Waals surface area (Å²) in [5.41, 5.74) is 4.55. The summed E-state index contributed by atoms with van der Waals surface area (Å²) in [5, 5.41) is 10.1. The molecule has 0 atom stereocenters. The summed E-state index contributed by atoms with van der Waals surface area (Å²) in [5.74, 6) is 0. The van der Waals surface area contributed by atoms with Crippen LogP contribution in [0.2, 0.25) is 0 Å². The highest BCUT2D eigenvalue weighted by Crippen LogP contribution is 2.22. The number of nitrogens with one attached hydrogen (secondary N) is 3. The molecular formula is C17H16N4OS. The van der Waals surface area contributed by atoms with E-state index >= 15 is 0 Å². The molecule has 1 aliphatic heterocycles. The molecule has 0 bridgehead atoms. The molecule has 0 radical (unpaired) electrons. The summed E-state index contributed by atoms with van der Waals surface area (Å²) in [4.78, 5) is 12.0. The monoisotopic (exact) mass is 324 g/mol. The van der Waals surface area contributed by atoms with Gasteiger partial charge in [0.05, 0.1) is 4.70 Å². The van der Waals surface area contributed by atoms with Crippen LogP contribution >= 0.6 is 11.5 Å². The van der Waals surface area contributed by atoms with Crippen LogP contribution in [0.5, 0.6) is 0 Å². The molecule has 116 valence electrons. The highest BCUT2D eigenvalue weighted by molar-refractivity contribution is 7.13. The van der Waals surface area contributed by atoms with E-state index in [0.717, 1.165) is 34.4 Å². The highest BCUT2D eigenvalue weighted by atomic mass is 32.1. The maximum Gasteiger partial charge on any atom is 0.319 e. The second-order valence-corrected chi connectivity index (χ2v) is 6.43. The van der Waals surface area contributed by atoms with E-state index in [-0.39, 0.29) is 6.03 Å². The van der Waals surface area contributed by atoms with Crippen LogP contribution in [0.4, 0.5) is 10.5 Å². The number of amides is 2. The SMILES string of the molecule is O=C(NCc1ccc2c(c1)CNC2)Nc1ccc2sncc2c1. The first kappa shape index (κ1) is 14.2. The quantitative estimate of drug-likeness (QED) is 0.693. The summed E-state index contributed by atoms with van der Waals surface area (Å²) in [6, 6.07) is 11.9. The van der Waals surface area contributed by atoms with Gasteiger partial charge in [0.2, 0.25) is 0 Å². The molecule has 0 aliphatic carbocycles. The van der Waals surface area contributed by atoms with Gasteiger partial charge >= 0.3 is 6.03 Å². The normalized spacial score (nSPS) is 13.0. The van der Waals surface area contributed by atoms with Crippen molar-refractivity contribution in [2.75, 3.05) is 5.32 Å². The van der Waals surface area contributed by atoms with Crippen molar-refractivity contribution in [3.05, 3.63) is 59.3 Å². The van der Waals surface area contributed by atoms with Gasteiger partial charge in [0.25, 0.3) is 0 Å². The zero-order valence-corrected chi connectivity index (χ0v) is 13.2. The fraction of sp³-hybridized carbons (Fsp3) is 0.176. The van der Waals surface area contributed by atoms with Crippen LogP contribution in [0, 0.1) is 0 Å². The standard InChI is InChI=1S/C17H16N4OS/c22-17(21-15-3-4-16-14(6-15)10-20-23-16)19-7-11-1-2-12-8-18-9-13(12)5-11/h1-6,10,18H,7-9H2,(H2,19,21,22). The zero-order valence-electron chi connectivity index (χ0n) is 12.4. The van der Waals surface area contributed by atoms with E-state index in [2.05, 4.69) is 38.5 Å². The van der Waals surface area contributed by atoms with Crippen molar-refractivity contribution >= 4 is 33.3 Å². The Morgan fingerprint density at radius 1 is 1.17 bits per heavy atom. The second kappa shape index (κ2) is 5.98. The smallest absolute Gasteiger partial charge is 0.319 e. The number of fused-ring (bicyclic) bond motifs is 2. The van der Waals surface area contributed by atoms with Gasteiger partial charge in [-0.3, -0.25) is 0 Å². The van der Waals surface area contributed by atoms with Crippen molar-refractivity contribution in [2.45, 2.75) is 19.6 Å².